The van der Waals surface area contributed by atoms with Crippen LogP contribution in [0.3, 0.4) is 0 Å². The first kappa shape index (κ1) is 24.5. The zero-order valence-electron chi connectivity index (χ0n) is 20.0. The number of fused-ring (bicyclic) bond motifs is 1. The molecule has 0 bridgehead atoms. The van der Waals surface area contributed by atoms with Crippen molar-refractivity contribution in [2.75, 3.05) is 50.4 Å². The molecule has 186 valence electrons. The summed E-state index contributed by atoms with van der Waals surface area (Å²) in [4.78, 5) is 23.4. The highest BCUT2D eigenvalue weighted by molar-refractivity contribution is 7.98. The number of hydrogen-bond donors (Lipinski definition) is 0. The van der Waals surface area contributed by atoms with Crippen molar-refractivity contribution in [2.45, 2.75) is 29.6 Å². The number of anilines is 1. The zero-order valence-corrected chi connectivity index (χ0v) is 22.5. The van der Waals surface area contributed by atoms with E-state index in [-0.39, 0.29) is 10.8 Å². The molecule has 5 rings (SSSR count). The summed E-state index contributed by atoms with van der Waals surface area (Å²) in [5, 5.41) is 0.993. The monoisotopic (exact) mass is 530 g/mol. The van der Waals surface area contributed by atoms with Crippen molar-refractivity contribution in [1.29, 1.82) is 0 Å². The van der Waals surface area contributed by atoms with Crippen molar-refractivity contribution >= 4 is 54.4 Å². The molecule has 0 N–H and O–H groups in total. The molecule has 0 radical (unpaired) electrons. The Morgan fingerprint density at radius 2 is 1.80 bits per heavy atom. The number of carbonyl (C=O) groups excluding carboxylic acids is 1. The number of thioether (sulfide) groups is 1. The fourth-order valence-electron chi connectivity index (χ4n) is 4.72. The van der Waals surface area contributed by atoms with E-state index in [1.807, 2.05) is 4.90 Å². The molecule has 1 amide bonds. The van der Waals surface area contributed by atoms with Gasteiger partial charge < -0.3 is 9.80 Å². The summed E-state index contributed by atoms with van der Waals surface area (Å²) in [6, 6.07) is 12.8. The molecule has 2 aliphatic rings. The fraction of sp³-hybridized carbons (Fsp3) is 0.440. The van der Waals surface area contributed by atoms with Crippen molar-refractivity contribution in [1.82, 2.24) is 14.2 Å². The summed E-state index contributed by atoms with van der Waals surface area (Å²) in [7, 11) is -3.52. The maximum absolute atomic E-state index is 13.1. The van der Waals surface area contributed by atoms with Crippen molar-refractivity contribution in [2.24, 2.45) is 5.92 Å². The highest BCUT2D eigenvalue weighted by atomic mass is 32.2. The molecule has 2 saturated heterocycles. The first-order chi connectivity index (χ1) is 16.8. The summed E-state index contributed by atoms with van der Waals surface area (Å²) in [5.74, 6) is 0.308. The lowest BCUT2D eigenvalue weighted by Gasteiger charge is -2.34. The highest BCUT2D eigenvalue weighted by Crippen LogP contribution is 2.32. The topological polar surface area (TPSA) is 73.8 Å². The molecule has 2 fully saturated rings. The molecule has 7 nitrogen and oxygen atoms in total. The first-order valence-electron chi connectivity index (χ1n) is 11.9. The van der Waals surface area contributed by atoms with Gasteiger partial charge in [0.05, 0.1) is 15.1 Å². The van der Waals surface area contributed by atoms with Gasteiger partial charge in [-0.25, -0.2) is 13.4 Å². The standard InChI is InChI=1S/C25H30N4O3S3/c1-18-4-3-11-29(17-18)35(31,32)21-8-5-19(6-9-21)24(30)27-12-14-28(15-13-27)25-26-22-10-7-20(33-2)16-23(22)34-25/h5-10,16,18H,3-4,11-15,17H2,1-2H3. The van der Waals surface area contributed by atoms with E-state index in [0.29, 0.717) is 37.7 Å². The molecular formula is C25H30N4O3S3. The van der Waals surface area contributed by atoms with Gasteiger partial charge in [0.15, 0.2) is 5.13 Å². The Kier molecular flexibility index (Phi) is 7.07. The predicted molar refractivity (Wildman–Crippen MR) is 143 cm³/mol. The van der Waals surface area contributed by atoms with Crippen molar-refractivity contribution in [3.8, 4) is 0 Å². The Labute approximate surface area is 215 Å². The molecule has 0 saturated carbocycles. The van der Waals surface area contributed by atoms with E-state index in [2.05, 4.69) is 36.3 Å². The second-order valence-electron chi connectivity index (χ2n) is 9.24. The third-order valence-corrected chi connectivity index (χ3v) is 10.5. The minimum atomic E-state index is -3.52. The Hall–Kier alpha value is -2.14. The van der Waals surface area contributed by atoms with E-state index in [1.54, 1.807) is 51.7 Å². The Morgan fingerprint density at radius 3 is 2.49 bits per heavy atom. The van der Waals surface area contributed by atoms with E-state index in [0.717, 1.165) is 36.6 Å². The minimum absolute atomic E-state index is 0.0610. The average Bonchev–Trinajstić information content (AvgIpc) is 3.32. The van der Waals surface area contributed by atoms with Crippen LogP contribution in [0.4, 0.5) is 5.13 Å². The molecule has 3 aromatic rings. The second kappa shape index (κ2) is 10.1. The summed E-state index contributed by atoms with van der Waals surface area (Å²) >= 11 is 3.42. The van der Waals surface area contributed by atoms with Crippen LogP contribution in [0.5, 0.6) is 0 Å². The fourth-order valence-corrected chi connectivity index (χ4v) is 7.89. The molecule has 1 unspecified atom stereocenters. The molecule has 10 heteroatoms. The zero-order chi connectivity index (χ0) is 24.6. The first-order valence-corrected chi connectivity index (χ1v) is 15.4. The van der Waals surface area contributed by atoms with E-state index >= 15 is 0 Å². The maximum atomic E-state index is 13.1. The number of piperidine rings is 1. The molecular weight excluding hydrogens is 501 g/mol. The van der Waals surface area contributed by atoms with E-state index in [1.165, 1.54) is 9.60 Å². The smallest absolute Gasteiger partial charge is 0.253 e. The molecule has 0 aliphatic carbocycles. The van der Waals surface area contributed by atoms with E-state index < -0.39 is 10.0 Å². The molecule has 35 heavy (non-hydrogen) atoms. The van der Waals surface area contributed by atoms with Crippen molar-refractivity contribution < 1.29 is 13.2 Å². The van der Waals surface area contributed by atoms with Crippen LogP contribution in [0.25, 0.3) is 10.2 Å². The maximum Gasteiger partial charge on any atom is 0.253 e. The number of aromatic nitrogens is 1. The van der Waals surface area contributed by atoms with E-state index in [9.17, 15) is 13.2 Å². The van der Waals surface area contributed by atoms with Crippen molar-refractivity contribution in [3.05, 3.63) is 48.0 Å². The second-order valence-corrected chi connectivity index (χ2v) is 13.1. The van der Waals surface area contributed by atoms with Crippen LogP contribution < -0.4 is 4.90 Å². The van der Waals surface area contributed by atoms with Gasteiger partial charge in [-0.15, -0.1) is 11.8 Å². The highest BCUT2D eigenvalue weighted by Gasteiger charge is 2.29. The van der Waals surface area contributed by atoms with Gasteiger partial charge in [0.2, 0.25) is 10.0 Å². The van der Waals surface area contributed by atoms with E-state index in [4.69, 9.17) is 4.98 Å². The lowest BCUT2D eigenvalue weighted by molar-refractivity contribution is 0.0746. The van der Waals surface area contributed by atoms with Gasteiger partial charge in [-0.2, -0.15) is 4.31 Å². The van der Waals surface area contributed by atoms with Crippen LogP contribution in [-0.4, -0.2) is 74.0 Å². The van der Waals surface area contributed by atoms with Crippen molar-refractivity contribution in [3.63, 3.8) is 0 Å². The van der Waals surface area contributed by atoms with Crippen LogP contribution >= 0.6 is 23.1 Å². The largest absolute Gasteiger partial charge is 0.345 e. The van der Waals surface area contributed by atoms with Gasteiger partial charge in [-0.3, -0.25) is 4.79 Å². The quantitative estimate of drug-likeness (QED) is 0.455. The summed E-state index contributed by atoms with van der Waals surface area (Å²) in [5.41, 5.74) is 1.53. The van der Waals surface area contributed by atoms with Gasteiger partial charge in [0, 0.05) is 49.7 Å². The number of benzene rings is 2. The average molecular weight is 531 g/mol. The molecule has 1 aromatic heterocycles. The van der Waals surface area contributed by atoms with Crippen LogP contribution in [-0.2, 0) is 10.0 Å². The Balaban J connectivity index is 1.22. The number of rotatable bonds is 5. The number of carbonyl (C=O) groups is 1. The molecule has 1 atom stereocenters. The van der Waals surface area contributed by atoms with Crippen LogP contribution in [0, 0.1) is 5.92 Å². The number of thiazole rings is 1. The van der Waals surface area contributed by atoms with Crippen LogP contribution in [0.15, 0.2) is 52.3 Å². The minimum Gasteiger partial charge on any atom is -0.345 e. The van der Waals surface area contributed by atoms with Crippen LogP contribution in [0.1, 0.15) is 30.1 Å². The number of amides is 1. The molecule has 3 heterocycles. The lowest BCUT2D eigenvalue weighted by Crippen LogP contribution is -2.48. The Bertz CT molecular complexity index is 1320. The van der Waals surface area contributed by atoms with Crippen LogP contribution in [0.2, 0.25) is 0 Å². The Morgan fingerprint density at radius 1 is 1.06 bits per heavy atom. The molecule has 2 aromatic carbocycles. The molecule has 2 aliphatic heterocycles. The number of sulfonamides is 1. The van der Waals surface area contributed by atoms with Gasteiger partial charge in [-0.05, 0) is 67.5 Å². The number of nitrogens with zero attached hydrogens (tertiary/aromatic N) is 4. The third-order valence-electron chi connectivity index (χ3n) is 6.78. The normalized spacial score (nSPS) is 19.9. The SMILES string of the molecule is CSc1ccc2nc(N3CCN(C(=O)c4ccc(S(=O)(=O)N5CCCC(C)C5)cc4)CC3)sc2c1. The van der Waals surface area contributed by atoms with Gasteiger partial charge >= 0.3 is 0 Å². The third kappa shape index (κ3) is 5.07. The van der Waals surface area contributed by atoms with Gasteiger partial charge in [-0.1, -0.05) is 18.3 Å². The predicted octanol–water partition coefficient (Wildman–Crippen LogP) is 4.40. The number of hydrogen-bond acceptors (Lipinski definition) is 7. The summed E-state index contributed by atoms with van der Waals surface area (Å²) in [6.45, 7) is 5.86. The lowest BCUT2D eigenvalue weighted by atomic mass is 10.0. The summed E-state index contributed by atoms with van der Waals surface area (Å²) in [6.07, 6.45) is 4.02. The summed E-state index contributed by atoms with van der Waals surface area (Å²) < 4.78 is 28.8. The van der Waals surface area contributed by atoms with Gasteiger partial charge in [0.25, 0.3) is 5.91 Å². The van der Waals surface area contributed by atoms with Gasteiger partial charge in [0.1, 0.15) is 0 Å². The number of piperazine rings is 1. The molecule has 0 spiro atoms.